The number of hydrogen-bond donors (Lipinski definition) is 4. The van der Waals surface area contributed by atoms with Crippen molar-refractivity contribution in [1.29, 1.82) is 0 Å². The molecule has 6 N–H and O–H groups in total. The lowest BCUT2D eigenvalue weighted by Crippen LogP contribution is -2.43. The molecule has 0 aromatic rings. The van der Waals surface area contributed by atoms with Crippen LogP contribution in [0.15, 0.2) is 12.2 Å². The lowest BCUT2D eigenvalue weighted by atomic mass is 10.1. The Labute approximate surface area is 134 Å². The first-order valence-corrected chi connectivity index (χ1v) is 7.48. The van der Waals surface area contributed by atoms with Crippen molar-refractivity contribution in [3.63, 3.8) is 0 Å². The summed E-state index contributed by atoms with van der Waals surface area (Å²) >= 11 is 0. The highest BCUT2D eigenvalue weighted by Crippen LogP contribution is 2.04. The maximum atomic E-state index is 11.6. The molecule has 128 valence electrons. The third-order valence-electron chi connectivity index (χ3n) is 3.41. The van der Waals surface area contributed by atoms with Gasteiger partial charge in [0.1, 0.15) is 0 Å². The molecule has 0 bridgehead atoms. The first-order valence-electron chi connectivity index (χ1n) is 7.48. The number of nitrogens with two attached hydrogens (primary N) is 2. The van der Waals surface area contributed by atoms with Gasteiger partial charge in [-0.05, 0) is 19.3 Å². The van der Waals surface area contributed by atoms with Crippen molar-refractivity contribution in [2.75, 3.05) is 19.8 Å². The summed E-state index contributed by atoms with van der Waals surface area (Å²) in [6.45, 7) is 0.695. The smallest absolute Gasteiger partial charge is 0.253 e. The molecule has 0 radical (unpaired) electrons. The number of unbranched alkanes of at least 4 members (excludes halogenated alkanes) is 1. The molecule has 1 unspecified atom stereocenters. The summed E-state index contributed by atoms with van der Waals surface area (Å²) in [5.74, 6) is -1.47. The number of nitrogens with one attached hydrogen (secondary N) is 2. The van der Waals surface area contributed by atoms with E-state index in [2.05, 4.69) is 10.6 Å². The molecule has 9 heteroatoms. The molecular formula is C14H23N5O4. The molecule has 9 nitrogen and oxygen atoms in total. The van der Waals surface area contributed by atoms with E-state index in [1.165, 1.54) is 12.2 Å². The second-order valence-corrected chi connectivity index (χ2v) is 5.12. The largest absolute Gasteiger partial charge is 0.368 e. The molecule has 0 aromatic heterocycles. The standard InChI is InChI=1S/C14H23N5O4/c15-9-18-10(14(16)23)3-1-2-7-17-11(20)6-8-19-12(21)4-5-13(19)22/h4-5,10,18H,1-3,6-9,15H2,(H2,16,23)(H,17,20). The number of hydrogen-bond acceptors (Lipinski definition) is 6. The van der Waals surface area contributed by atoms with Crippen LogP contribution in [0.3, 0.4) is 0 Å². The SMILES string of the molecule is NCNC(CCCCNC(=O)CCN1C(=O)C=CC1=O)C(N)=O. The van der Waals surface area contributed by atoms with Gasteiger partial charge in [-0.3, -0.25) is 29.4 Å². The van der Waals surface area contributed by atoms with Gasteiger partial charge in [-0.15, -0.1) is 0 Å². The maximum absolute atomic E-state index is 11.6. The first-order chi connectivity index (χ1) is 11.0. The molecule has 1 aliphatic heterocycles. The van der Waals surface area contributed by atoms with Crippen LogP contribution in [0.4, 0.5) is 0 Å². The average molecular weight is 325 g/mol. The van der Waals surface area contributed by atoms with Gasteiger partial charge < -0.3 is 16.8 Å². The zero-order valence-electron chi connectivity index (χ0n) is 12.9. The molecular weight excluding hydrogens is 302 g/mol. The lowest BCUT2D eigenvalue weighted by Gasteiger charge is -2.14. The molecule has 0 saturated heterocycles. The summed E-state index contributed by atoms with van der Waals surface area (Å²) < 4.78 is 0. The fourth-order valence-electron chi connectivity index (χ4n) is 2.14. The molecule has 4 amide bonds. The van der Waals surface area contributed by atoms with Gasteiger partial charge in [0.15, 0.2) is 0 Å². The Hall–Kier alpha value is -2.26. The van der Waals surface area contributed by atoms with Gasteiger partial charge in [0.2, 0.25) is 11.8 Å². The highest BCUT2D eigenvalue weighted by molar-refractivity contribution is 6.13. The number of nitrogens with zero attached hydrogens (tertiary/aromatic N) is 1. The van der Waals surface area contributed by atoms with Crippen LogP contribution >= 0.6 is 0 Å². The van der Waals surface area contributed by atoms with E-state index in [1.54, 1.807) is 0 Å². The summed E-state index contributed by atoms with van der Waals surface area (Å²) in [6, 6.07) is -0.463. The van der Waals surface area contributed by atoms with Crippen LogP contribution in [-0.4, -0.2) is 54.3 Å². The van der Waals surface area contributed by atoms with Crippen molar-refractivity contribution in [2.24, 2.45) is 11.5 Å². The number of rotatable bonds is 11. The molecule has 1 atom stereocenters. The Balaban J connectivity index is 2.11. The maximum Gasteiger partial charge on any atom is 0.253 e. The van der Waals surface area contributed by atoms with Crippen LogP contribution in [0.1, 0.15) is 25.7 Å². The quantitative estimate of drug-likeness (QED) is 0.195. The summed E-state index contributed by atoms with van der Waals surface area (Å²) in [5.41, 5.74) is 10.5. The van der Waals surface area contributed by atoms with Crippen LogP contribution in [0.25, 0.3) is 0 Å². The van der Waals surface area contributed by atoms with Gasteiger partial charge in [0.25, 0.3) is 11.8 Å². The zero-order chi connectivity index (χ0) is 17.2. The number of amides is 4. The van der Waals surface area contributed by atoms with Gasteiger partial charge in [-0.1, -0.05) is 0 Å². The van der Waals surface area contributed by atoms with Crippen LogP contribution in [0.5, 0.6) is 0 Å². The van der Waals surface area contributed by atoms with Crippen LogP contribution in [0, 0.1) is 0 Å². The Morgan fingerprint density at radius 3 is 2.39 bits per heavy atom. The molecule has 0 aromatic carbocycles. The van der Waals surface area contributed by atoms with Crippen molar-refractivity contribution in [1.82, 2.24) is 15.5 Å². The summed E-state index contributed by atoms with van der Waals surface area (Å²) in [4.78, 5) is 46.4. The predicted molar refractivity (Wildman–Crippen MR) is 82.5 cm³/mol. The van der Waals surface area contributed by atoms with Gasteiger partial charge >= 0.3 is 0 Å². The van der Waals surface area contributed by atoms with Crippen molar-refractivity contribution in [3.8, 4) is 0 Å². The van der Waals surface area contributed by atoms with Gasteiger partial charge in [-0.2, -0.15) is 0 Å². The molecule has 1 rings (SSSR count). The van der Waals surface area contributed by atoms with E-state index >= 15 is 0 Å². The second kappa shape index (κ2) is 9.70. The van der Waals surface area contributed by atoms with Crippen molar-refractivity contribution in [3.05, 3.63) is 12.2 Å². The predicted octanol–water partition coefficient (Wildman–Crippen LogP) is -2.05. The van der Waals surface area contributed by atoms with E-state index < -0.39 is 23.8 Å². The number of primary amides is 1. The van der Waals surface area contributed by atoms with Crippen LogP contribution in [0.2, 0.25) is 0 Å². The van der Waals surface area contributed by atoms with Crippen molar-refractivity contribution in [2.45, 2.75) is 31.7 Å². The Morgan fingerprint density at radius 1 is 1.17 bits per heavy atom. The number of imide groups is 1. The zero-order valence-corrected chi connectivity index (χ0v) is 12.9. The number of carbonyl (C=O) groups is 4. The normalized spacial score (nSPS) is 15.1. The summed E-state index contributed by atoms with van der Waals surface area (Å²) in [7, 11) is 0. The molecule has 23 heavy (non-hydrogen) atoms. The van der Waals surface area contributed by atoms with Crippen LogP contribution < -0.4 is 22.1 Å². The summed E-state index contributed by atoms with van der Waals surface area (Å²) in [5, 5.41) is 5.48. The molecule has 0 saturated carbocycles. The fourth-order valence-corrected chi connectivity index (χ4v) is 2.14. The Bertz CT molecular complexity index is 474. The van der Waals surface area contributed by atoms with Gasteiger partial charge in [0.05, 0.1) is 6.04 Å². The van der Waals surface area contributed by atoms with E-state index in [4.69, 9.17) is 11.5 Å². The van der Waals surface area contributed by atoms with E-state index in [0.29, 0.717) is 25.8 Å². The third-order valence-corrected chi connectivity index (χ3v) is 3.41. The van der Waals surface area contributed by atoms with E-state index in [9.17, 15) is 19.2 Å². The average Bonchev–Trinajstić information content (AvgIpc) is 2.82. The minimum absolute atomic E-state index is 0.0673. The van der Waals surface area contributed by atoms with Crippen LogP contribution in [-0.2, 0) is 19.2 Å². The van der Waals surface area contributed by atoms with E-state index in [1.807, 2.05) is 0 Å². The first kappa shape index (κ1) is 18.8. The minimum Gasteiger partial charge on any atom is -0.368 e. The Kier molecular flexibility index (Phi) is 7.92. The lowest BCUT2D eigenvalue weighted by molar-refractivity contribution is -0.137. The Morgan fingerprint density at radius 2 is 1.83 bits per heavy atom. The second-order valence-electron chi connectivity index (χ2n) is 5.12. The molecule has 1 heterocycles. The van der Waals surface area contributed by atoms with Gasteiger partial charge in [0, 0.05) is 38.3 Å². The fraction of sp³-hybridized carbons (Fsp3) is 0.571. The molecule has 0 aliphatic carbocycles. The highest BCUT2D eigenvalue weighted by atomic mass is 16.2. The monoisotopic (exact) mass is 325 g/mol. The van der Waals surface area contributed by atoms with Gasteiger partial charge in [-0.25, -0.2) is 0 Å². The van der Waals surface area contributed by atoms with E-state index in [-0.39, 0.29) is 25.5 Å². The number of carbonyl (C=O) groups excluding carboxylic acids is 4. The molecule has 0 fully saturated rings. The summed E-state index contributed by atoms with van der Waals surface area (Å²) in [6.07, 6.45) is 4.37. The minimum atomic E-state index is -0.463. The topological polar surface area (TPSA) is 148 Å². The third kappa shape index (κ3) is 6.57. The highest BCUT2D eigenvalue weighted by Gasteiger charge is 2.23. The van der Waals surface area contributed by atoms with Crippen molar-refractivity contribution >= 4 is 23.6 Å². The van der Waals surface area contributed by atoms with Crippen molar-refractivity contribution < 1.29 is 19.2 Å². The van der Waals surface area contributed by atoms with E-state index in [0.717, 1.165) is 4.90 Å². The molecule has 0 spiro atoms. The molecule has 1 aliphatic rings.